The maximum absolute atomic E-state index is 11.8. The fraction of sp³-hybridized carbons (Fsp3) is 0.364. The van der Waals surface area contributed by atoms with Crippen molar-refractivity contribution >= 4 is 16.8 Å². The van der Waals surface area contributed by atoms with E-state index in [0.29, 0.717) is 4.90 Å². The zero-order valence-corrected chi connectivity index (χ0v) is 9.97. The van der Waals surface area contributed by atoms with Crippen LogP contribution in [0.25, 0.3) is 0 Å². The van der Waals surface area contributed by atoms with Crippen LogP contribution in [0.3, 0.4) is 0 Å². The molecule has 0 aromatic heterocycles. The number of aliphatic hydroxyl groups is 1. The standard InChI is InChI=1S/C11H15NO4S/c12-10(11(14)15)6-8(13)7-17(16)9-4-2-1-3-5-9/h1-5,8,10,13H,6-7,12H2,(H,14,15)/t8-,10-,17?/m0/s1. The van der Waals surface area contributed by atoms with Crippen LogP contribution >= 0.6 is 0 Å². The molecule has 6 heteroatoms. The highest BCUT2D eigenvalue weighted by Crippen LogP contribution is 2.08. The Morgan fingerprint density at radius 3 is 2.47 bits per heavy atom. The number of aliphatic hydroxyl groups excluding tert-OH is 1. The highest BCUT2D eigenvalue weighted by molar-refractivity contribution is 7.85. The van der Waals surface area contributed by atoms with Crippen LogP contribution in [0.15, 0.2) is 35.2 Å². The van der Waals surface area contributed by atoms with Crippen LogP contribution in [0.2, 0.25) is 0 Å². The first-order chi connectivity index (χ1) is 8.00. The summed E-state index contributed by atoms with van der Waals surface area (Å²) in [6.07, 6.45) is -1.09. The number of carboxylic acids is 1. The van der Waals surface area contributed by atoms with Crippen molar-refractivity contribution in [1.29, 1.82) is 0 Å². The molecule has 1 aromatic rings. The Balaban J connectivity index is 2.49. The van der Waals surface area contributed by atoms with Gasteiger partial charge in [0.05, 0.1) is 22.7 Å². The average molecular weight is 257 g/mol. The van der Waals surface area contributed by atoms with Crippen molar-refractivity contribution < 1.29 is 19.2 Å². The molecule has 0 spiro atoms. The third-order valence-electron chi connectivity index (χ3n) is 2.19. The molecule has 0 aliphatic heterocycles. The Morgan fingerprint density at radius 2 is 1.94 bits per heavy atom. The Morgan fingerprint density at radius 1 is 1.35 bits per heavy atom. The van der Waals surface area contributed by atoms with Crippen molar-refractivity contribution in [3.05, 3.63) is 30.3 Å². The second-order valence-electron chi connectivity index (χ2n) is 3.66. The fourth-order valence-electron chi connectivity index (χ4n) is 1.31. The number of benzene rings is 1. The smallest absolute Gasteiger partial charge is 0.320 e. The van der Waals surface area contributed by atoms with Crippen LogP contribution < -0.4 is 5.73 Å². The Labute approximate surface area is 102 Å². The summed E-state index contributed by atoms with van der Waals surface area (Å²) in [5.41, 5.74) is 5.27. The second-order valence-corrected chi connectivity index (χ2v) is 5.16. The Bertz CT molecular complexity index is 396. The molecule has 1 unspecified atom stereocenters. The van der Waals surface area contributed by atoms with E-state index >= 15 is 0 Å². The predicted octanol–water partition coefficient (Wildman–Crippen LogP) is -0.0429. The molecular weight excluding hydrogens is 242 g/mol. The van der Waals surface area contributed by atoms with Gasteiger partial charge in [-0.05, 0) is 12.1 Å². The van der Waals surface area contributed by atoms with E-state index in [1.807, 2.05) is 0 Å². The molecule has 0 fully saturated rings. The lowest BCUT2D eigenvalue weighted by atomic mass is 10.1. The highest BCUT2D eigenvalue weighted by atomic mass is 32.2. The zero-order chi connectivity index (χ0) is 12.8. The molecule has 0 saturated heterocycles. The molecule has 0 aliphatic carbocycles. The van der Waals surface area contributed by atoms with Gasteiger partial charge in [-0.1, -0.05) is 18.2 Å². The molecule has 5 nitrogen and oxygen atoms in total. The normalized spacial score (nSPS) is 16.1. The molecule has 0 amide bonds. The van der Waals surface area contributed by atoms with Crippen molar-refractivity contribution in [3.8, 4) is 0 Å². The highest BCUT2D eigenvalue weighted by Gasteiger charge is 2.19. The van der Waals surface area contributed by atoms with Crippen LogP contribution in [0.4, 0.5) is 0 Å². The van der Waals surface area contributed by atoms with Gasteiger partial charge >= 0.3 is 5.97 Å². The van der Waals surface area contributed by atoms with E-state index in [1.165, 1.54) is 0 Å². The van der Waals surface area contributed by atoms with Gasteiger partial charge in [0.25, 0.3) is 0 Å². The first-order valence-electron chi connectivity index (χ1n) is 5.10. The summed E-state index contributed by atoms with van der Waals surface area (Å²) >= 11 is 0. The molecule has 17 heavy (non-hydrogen) atoms. The molecule has 0 heterocycles. The topological polar surface area (TPSA) is 101 Å². The van der Waals surface area contributed by atoms with Crippen molar-refractivity contribution in [2.24, 2.45) is 5.73 Å². The van der Waals surface area contributed by atoms with Crippen LogP contribution in [0.5, 0.6) is 0 Å². The molecule has 1 aromatic carbocycles. The molecule has 0 radical (unpaired) electrons. The number of hydrogen-bond acceptors (Lipinski definition) is 4. The molecule has 0 bridgehead atoms. The van der Waals surface area contributed by atoms with Crippen LogP contribution in [-0.4, -0.2) is 38.3 Å². The van der Waals surface area contributed by atoms with E-state index in [2.05, 4.69) is 0 Å². The van der Waals surface area contributed by atoms with E-state index in [9.17, 15) is 14.1 Å². The predicted molar refractivity (Wildman–Crippen MR) is 64.0 cm³/mol. The summed E-state index contributed by atoms with van der Waals surface area (Å²) in [4.78, 5) is 11.1. The quantitative estimate of drug-likeness (QED) is 0.663. The van der Waals surface area contributed by atoms with Crippen LogP contribution in [0, 0.1) is 0 Å². The van der Waals surface area contributed by atoms with E-state index in [0.717, 1.165) is 0 Å². The zero-order valence-electron chi connectivity index (χ0n) is 9.15. The maximum atomic E-state index is 11.8. The van der Waals surface area contributed by atoms with Gasteiger partial charge < -0.3 is 15.9 Å². The van der Waals surface area contributed by atoms with Gasteiger partial charge in [-0.3, -0.25) is 9.00 Å². The summed E-state index contributed by atoms with van der Waals surface area (Å²) in [5, 5.41) is 18.1. The number of carboxylic acid groups (broad SMARTS) is 1. The molecule has 0 saturated carbocycles. The Kier molecular flexibility index (Phi) is 5.27. The van der Waals surface area contributed by atoms with E-state index in [4.69, 9.17) is 10.8 Å². The van der Waals surface area contributed by atoms with Crippen LogP contribution in [-0.2, 0) is 15.6 Å². The summed E-state index contributed by atoms with van der Waals surface area (Å²) in [7, 11) is -1.34. The molecule has 0 aliphatic rings. The van der Waals surface area contributed by atoms with Gasteiger partial charge in [0.15, 0.2) is 0 Å². The van der Waals surface area contributed by atoms with Gasteiger partial charge in [0.2, 0.25) is 0 Å². The van der Waals surface area contributed by atoms with E-state index in [-0.39, 0.29) is 12.2 Å². The van der Waals surface area contributed by atoms with Crippen molar-refractivity contribution in [3.63, 3.8) is 0 Å². The number of hydrogen-bond donors (Lipinski definition) is 3. The van der Waals surface area contributed by atoms with Crippen molar-refractivity contribution in [1.82, 2.24) is 0 Å². The van der Waals surface area contributed by atoms with Gasteiger partial charge in [-0.15, -0.1) is 0 Å². The van der Waals surface area contributed by atoms with Gasteiger partial charge in [-0.2, -0.15) is 0 Å². The molecule has 4 N–H and O–H groups in total. The fourth-order valence-corrected chi connectivity index (χ4v) is 2.44. The summed E-state index contributed by atoms with van der Waals surface area (Å²) in [5.74, 6) is -1.18. The SMILES string of the molecule is N[C@@H](C[C@H](O)CS(=O)c1ccccc1)C(=O)O. The lowest BCUT2D eigenvalue weighted by molar-refractivity contribution is -0.139. The minimum absolute atomic E-state index is 0.00894. The van der Waals surface area contributed by atoms with E-state index in [1.54, 1.807) is 30.3 Å². The minimum atomic E-state index is -1.34. The first kappa shape index (κ1) is 13.8. The average Bonchev–Trinajstić information content (AvgIpc) is 2.29. The third-order valence-corrected chi connectivity index (χ3v) is 3.68. The summed E-state index contributed by atoms with van der Waals surface area (Å²) in [6.45, 7) is 0. The van der Waals surface area contributed by atoms with Gasteiger partial charge in [0.1, 0.15) is 6.04 Å². The number of carbonyl (C=O) groups is 1. The molecule has 1 rings (SSSR count). The van der Waals surface area contributed by atoms with Gasteiger partial charge in [0, 0.05) is 11.3 Å². The number of rotatable bonds is 6. The first-order valence-corrected chi connectivity index (χ1v) is 6.42. The van der Waals surface area contributed by atoms with E-state index < -0.39 is 28.9 Å². The lowest BCUT2D eigenvalue weighted by Gasteiger charge is -2.12. The maximum Gasteiger partial charge on any atom is 0.320 e. The third kappa shape index (κ3) is 4.64. The largest absolute Gasteiger partial charge is 0.480 e. The minimum Gasteiger partial charge on any atom is -0.480 e. The molecule has 94 valence electrons. The monoisotopic (exact) mass is 257 g/mol. The molecule has 3 atom stereocenters. The second kappa shape index (κ2) is 6.48. The van der Waals surface area contributed by atoms with Crippen molar-refractivity contribution in [2.75, 3.05) is 5.75 Å². The van der Waals surface area contributed by atoms with Gasteiger partial charge in [-0.25, -0.2) is 0 Å². The molecular formula is C11H15NO4S. The Hall–Kier alpha value is -1.24. The number of aliphatic carboxylic acids is 1. The summed E-state index contributed by atoms with van der Waals surface area (Å²) in [6, 6.07) is 7.57. The lowest BCUT2D eigenvalue weighted by Crippen LogP contribution is -2.35. The number of nitrogens with two attached hydrogens (primary N) is 1. The summed E-state index contributed by atoms with van der Waals surface area (Å²) < 4.78 is 11.8. The van der Waals surface area contributed by atoms with Crippen LogP contribution in [0.1, 0.15) is 6.42 Å². The van der Waals surface area contributed by atoms with Crippen molar-refractivity contribution in [2.45, 2.75) is 23.5 Å².